The number of hydrogen-bond donors (Lipinski definition) is 2. The molecule has 0 aromatic heterocycles. The van der Waals surface area contributed by atoms with Crippen LogP contribution in [0.5, 0.6) is 0 Å². The summed E-state index contributed by atoms with van der Waals surface area (Å²) in [7, 11) is -5.59. The quantitative estimate of drug-likeness (QED) is 0.600. The van der Waals surface area contributed by atoms with Crippen LogP contribution in [-0.4, -0.2) is 28.1 Å². The van der Waals surface area contributed by atoms with Gasteiger partial charge in [0.2, 0.25) is 7.83 Å². The highest BCUT2D eigenvalue weighted by atomic mass is 29.6. The second kappa shape index (κ2) is 6.09. The summed E-state index contributed by atoms with van der Waals surface area (Å²) in [6.07, 6.45) is 0. The summed E-state index contributed by atoms with van der Waals surface area (Å²) in [5, 5.41) is 2.93. The molecule has 3 nitrogen and oxygen atoms in total. The van der Waals surface area contributed by atoms with Gasteiger partial charge in [0.05, 0.1) is 14.7 Å². The first-order valence-electron chi connectivity index (χ1n) is 9.34. The monoisotopic (exact) mass is 400 g/mol. The average Bonchev–Trinajstić information content (AvgIpc) is 2.53. The molecule has 1 aliphatic heterocycles. The van der Waals surface area contributed by atoms with Crippen LogP contribution in [0.3, 0.4) is 0 Å². The Labute approximate surface area is 160 Å². The van der Waals surface area contributed by atoms with Crippen LogP contribution >= 0.6 is 0 Å². The first-order valence-corrected chi connectivity index (χ1v) is 19.5. The molecule has 3 rings (SSSR count). The van der Waals surface area contributed by atoms with E-state index in [-0.39, 0.29) is 5.60 Å². The summed E-state index contributed by atoms with van der Waals surface area (Å²) in [5.41, 5.74) is 13.5. The van der Waals surface area contributed by atoms with E-state index in [0.717, 1.165) is 11.4 Å². The highest BCUT2D eigenvalue weighted by Crippen LogP contribution is 2.43. The zero-order valence-corrected chi connectivity index (χ0v) is 19.9. The van der Waals surface area contributed by atoms with Gasteiger partial charge in [-0.2, -0.15) is 0 Å². The van der Waals surface area contributed by atoms with Gasteiger partial charge in [-0.1, -0.05) is 49.1 Å². The number of nitrogen functional groups attached to an aromatic ring is 2. The molecule has 0 aliphatic carbocycles. The number of hydrogen-bond acceptors (Lipinski definition) is 3. The Hall–Kier alpha value is -1.35. The number of nitrogens with two attached hydrogens (primary N) is 2. The minimum absolute atomic E-state index is 0.104. The molecule has 1 fully saturated rings. The highest BCUT2D eigenvalue weighted by molar-refractivity contribution is 7.72. The summed E-state index contributed by atoms with van der Waals surface area (Å²) in [4.78, 5) is 0. The third-order valence-electron chi connectivity index (χ3n) is 6.84. The molecule has 2 unspecified atom stereocenters. The maximum Gasteiger partial charge on any atom is 0.205 e. The number of rotatable bonds is 2. The summed E-state index contributed by atoms with van der Waals surface area (Å²) >= 11 is 0. The van der Waals surface area contributed by atoms with Gasteiger partial charge in [0.1, 0.15) is 0 Å². The van der Waals surface area contributed by atoms with Gasteiger partial charge in [-0.05, 0) is 55.9 Å². The van der Waals surface area contributed by atoms with Crippen LogP contribution in [0.15, 0.2) is 48.5 Å². The van der Waals surface area contributed by atoms with Crippen molar-refractivity contribution >= 4 is 44.3 Å². The van der Waals surface area contributed by atoms with Crippen LogP contribution in [-0.2, 0) is 4.43 Å². The maximum absolute atomic E-state index is 7.01. The van der Waals surface area contributed by atoms with E-state index in [0.29, 0.717) is 0 Å². The molecule has 1 saturated heterocycles. The molecule has 1 aliphatic rings. The van der Waals surface area contributed by atoms with Crippen molar-refractivity contribution in [1.29, 1.82) is 0 Å². The molecule has 0 radical (unpaired) electrons. The normalized spacial score (nSPS) is 30.1. The fourth-order valence-corrected chi connectivity index (χ4v) is 39.2. The van der Waals surface area contributed by atoms with Crippen LogP contribution in [0.4, 0.5) is 11.4 Å². The number of benzene rings is 2. The molecule has 2 aromatic carbocycles. The molecule has 0 amide bonds. The van der Waals surface area contributed by atoms with Crippen LogP contribution < -0.4 is 21.8 Å². The maximum atomic E-state index is 7.01. The fraction of sp³-hybridized carbons (Fsp3) is 0.400. The van der Waals surface area contributed by atoms with Gasteiger partial charge < -0.3 is 15.9 Å². The standard InChI is InChI=1S/C20H32N2OSi3/c1-20(2)15-25(5,18-11-7-16(21)8-12-18)24(3,4)26(6,23-20)19-13-9-17(22)10-14-19/h7-14H,15,21-22H2,1-6H3. The van der Waals surface area contributed by atoms with Gasteiger partial charge in [0.15, 0.2) is 0 Å². The Balaban J connectivity index is 2.20. The summed E-state index contributed by atoms with van der Waals surface area (Å²) in [6, 6.07) is 18.4. The molecule has 1 heterocycles. The first-order chi connectivity index (χ1) is 11.9. The Morgan fingerprint density at radius 3 is 1.65 bits per heavy atom. The lowest BCUT2D eigenvalue weighted by Crippen LogP contribution is -2.86. The fourth-order valence-electron chi connectivity index (χ4n) is 4.85. The Kier molecular flexibility index (Phi) is 4.54. The van der Waals surface area contributed by atoms with Crippen molar-refractivity contribution in [1.82, 2.24) is 0 Å². The zero-order valence-electron chi connectivity index (χ0n) is 16.9. The Bertz CT molecular complexity index is 739. The van der Waals surface area contributed by atoms with Crippen LogP contribution in [0.1, 0.15) is 13.8 Å². The second-order valence-electron chi connectivity index (χ2n) is 9.27. The third kappa shape index (κ3) is 2.89. The highest BCUT2D eigenvalue weighted by Gasteiger charge is 2.65. The summed E-state index contributed by atoms with van der Waals surface area (Å²) in [6.45, 7) is 14.8. The molecule has 6 heteroatoms. The number of anilines is 2. The lowest BCUT2D eigenvalue weighted by atomic mass is 10.2. The van der Waals surface area contributed by atoms with Gasteiger partial charge in [-0.25, -0.2) is 0 Å². The summed E-state index contributed by atoms with van der Waals surface area (Å²) in [5.74, 6) is 0. The van der Waals surface area contributed by atoms with Crippen molar-refractivity contribution in [2.75, 3.05) is 11.5 Å². The molecular formula is C20H32N2OSi3. The van der Waals surface area contributed by atoms with Gasteiger partial charge in [-0.3, -0.25) is 0 Å². The smallest absolute Gasteiger partial charge is 0.205 e. The van der Waals surface area contributed by atoms with Crippen molar-refractivity contribution in [2.24, 2.45) is 0 Å². The van der Waals surface area contributed by atoms with E-state index < -0.39 is 22.5 Å². The van der Waals surface area contributed by atoms with Crippen LogP contribution in [0.25, 0.3) is 0 Å². The zero-order chi connectivity index (χ0) is 19.4. The topological polar surface area (TPSA) is 61.3 Å². The van der Waals surface area contributed by atoms with Gasteiger partial charge in [0.25, 0.3) is 0 Å². The van der Waals surface area contributed by atoms with E-state index in [9.17, 15) is 0 Å². The van der Waals surface area contributed by atoms with Crippen molar-refractivity contribution < 1.29 is 4.43 Å². The SMILES string of the molecule is CC1(C)C[Si](C)(c2ccc(N)cc2)[Si](C)(C)[Si](C)(c2ccc(N)cc2)O1. The van der Waals surface area contributed by atoms with Crippen LogP contribution in [0.2, 0.25) is 32.2 Å². The summed E-state index contributed by atoms with van der Waals surface area (Å²) < 4.78 is 7.01. The van der Waals surface area contributed by atoms with Crippen molar-refractivity contribution in [2.45, 2.75) is 51.7 Å². The molecule has 2 atom stereocenters. The molecule has 0 bridgehead atoms. The van der Waals surface area contributed by atoms with E-state index in [1.165, 1.54) is 16.4 Å². The van der Waals surface area contributed by atoms with Gasteiger partial charge in [0, 0.05) is 17.0 Å². The molecule has 0 spiro atoms. The molecule has 26 heavy (non-hydrogen) atoms. The van der Waals surface area contributed by atoms with Gasteiger partial charge >= 0.3 is 0 Å². The Morgan fingerprint density at radius 1 is 0.769 bits per heavy atom. The lowest BCUT2D eigenvalue weighted by molar-refractivity contribution is 0.125. The van der Waals surface area contributed by atoms with E-state index in [1.54, 1.807) is 0 Å². The molecule has 140 valence electrons. The van der Waals surface area contributed by atoms with E-state index in [1.807, 2.05) is 12.1 Å². The van der Waals surface area contributed by atoms with Crippen molar-refractivity contribution in [3.05, 3.63) is 48.5 Å². The minimum atomic E-state index is -2.12. The first kappa shape index (κ1) is 19.4. The van der Waals surface area contributed by atoms with Gasteiger partial charge in [-0.15, -0.1) is 0 Å². The molecule has 2 aromatic rings. The van der Waals surface area contributed by atoms with E-state index in [4.69, 9.17) is 15.9 Å². The third-order valence-corrected chi connectivity index (χ3v) is 44.8. The van der Waals surface area contributed by atoms with Crippen molar-refractivity contribution in [3.8, 4) is 0 Å². The second-order valence-corrected chi connectivity index (χ2v) is 34.1. The molecular weight excluding hydrogens is 368 g/mol. The van der Waals surface area contributed by atoms with Crippen molar-refractivity contribution in [3.63, 3.8) is 0 Å². The van der Waals surface area contributed by atoms with E-state index in [2.05, 4.69) is 76.4 Å². The average molecular weight is 401 g/mol. The minimum Gasteiger partial charge on any atom is -0.411 e. The predicted octanol–water partition coefficient (Wildman–Crippen LogP) is 3.29. The van der Waals surface area contributed by atoms with Crippen LogP contribution in [0, 0.1) is 0 Å². The lowest BCUT2D eigenvalue weighted by Gasteiger charge is -2.60. The predicted molar refractivity (Wildman–Crippen MR) is 122 cm³/mol. The Morgan fingerprint density at radius 2 is 1.19 bits per heavy atom. The van der Waals surface area contributed by atoms with E-state index >= 15 is 0 Å². The largest absolute Gasteiger partial charge is 0.411 e. The molecule has 0 saturated carbocycles. The molecule has 4 N–H and O–H groups in total.